The van der Waals surface area contributed by atoms with E-state index in [0.717, 1.165) is 13.1 Å². The molecule has 1 heterocycles. The van der Waals surface area contributed by atoms with Crippen molar-refractivity contribution in [2.75, 3.05) is 39.9 Å². The summed E-state index contributed by atoms with van der Waals surface area (Å²) in [5, 5.41) is 13.2. The second kappa shape index (κ2) is 8.01. The number of rotatable bonds is 6. The molecule has 0 radical (unpaired) electrons. The van der Waals surface area contributed by atoms with E-state index in [1.807, 2.05) is 6.92 Å². The predicted molar refractivity (Wildman–Crippen MR) is 65.6 cm³/mol. The van der Waals surface area contributed by atoms with E-state index in [2.05, 4.69) is 17.3 Å². The normalized spacial score (nSPS) is 24.4. The second-order valence-corrected chi connectivity index (χ2v) is 4.59. The van der Waals surface area contributed by atoms with Gasteiger partial charge in [0, 0.05) is 19.2 Å². The van der Waals surface area contributed by atoms with Crippen molar-refractivity contribution in [1.29, 1.82) is 0 Å². The van der Waals surface area contributed by atoms with Gasteiger partial charge in [0.15, 0.2) is 0 Å². The fourth-order valence-electron chi connectivity index (χ4n) is 2.23. The van der Waals surface area contributed by atoms with E-state index in [1.165, 1.54) is 19.3 Å². The summed E-state index contributed by atoms with van der Waals surface area (Å²) in [6.45, 7) is 6.01. The van der Waals surface area contributed by atoms with Crippen LogP contribution in [0.5, 0.6) is 0 Å². The zero-order valence-corrected chi connectivity index (χ0v) is 10.6. The summed E-state index contributed by atoms with van der Waals surface area (Å²) < 4.78 is 5.22. The molecule has 1 fully saturated rings. The Morgan fingerprint density at radius 3 is 3.00 bits per heavy atom. The lowest BCUT2D eigenvalue weighted by atomic mass is 10.1. The highest BCUT2D eigenvalue weighted by molar-refractivity contribution is 4.75. The fourth-order valence-corrected chi connectivity index (χ4v) is 2.23. The number of likely N-dealkylation sites (N-methyl/N-ethyl adjacent to an activating group) is 1. The van der Waals surface area contributed by atoms with E-state index >= 15 is 0 Å². The van der Waals surface area contributed by atoms with Crippen molar-refractivity contribution >= 4 is 0 Å². The standard InChI is InChI=1S/C12H26N2O2/c1-3-16-10-12(15)9-14(2)11-5-4-7-13-8-6-11/h11-13,15H,3-10H2,1-2H3. The lowest BCUT2D eigenvalue weighted by molar-refractivity contribution is 0.0174. The summed E-state index contributed by atoms with van der Waals surface area (Å²) in [5.74, 6) is 0. The maximum absolute atomic E-state index is 9.77. The molecule has 0 spiro atoms. The Morgan fingerprint density at radius 2 is 2.25 bits per heavy atom. The number of hydrogen-bond acceptors (Lipinski definition) is 4. The van der Waals surface area contributed by atoms with Gasteiger partial charge in [-0.3, -0.25) is 0 Å². The van der Waals surface area contributed by atoms with Crippen LogP contribution in [-0.2, 0) is 4.74 Å². The van der Waals surface area contributed by atoms with Crippen molar-refractivity contribution in [3.05, 3.63) is 0 Å². The van der Waals surface area contributed by atoms with Crippen LogP contribution in [0.4, 0.5) is 0 Å². The molecule has 0 aromatic heterocycles. The minimum absolute atomic E-state index is 0.360. The Balaban J connectivity index is 2.23. The molecule has 0 aliphatic carbocycles. The Labute approximate surface area is 99.0 Å². The van der Waals surface area contributed by atoms with E-state index in [9.17, 15) is 5.11 Å². The average Bonchev–Trinajstić information content (AvgIpc) is 2.54. The Bertz CT molecular complexity index is 170. The number of hydrogen-bond donors (Lipinski definition) is 2. The molecule has 0 amide bonds. The first-order valence-electron chi connectivity index (χ1n) is 6.40. The molecule has 16 heavy (non-hydrogen) atoms. The van der Waals surface area contributed by atoms with Gasteiger partial charge in [0.25, 0.3) is 0 Å². The number of ether oxygens (including phenoxy) is 1. The van der Waals surface area contributed by atoms with Crippen molar-refractivity contribution in [2.45, 2.75) is 38.3 Å². The summed E-state index contributed by atoms with van der Waals surface area (Å²) in [4.78, 5) is 2.27. The highest BCUT2D eigenvalue weighted by atomic mass is 16.5. The Kier molecular flexibility index (Phi) is 6.96. The van der Waals surface area contributed by atoms with Gasteiger partial charge in [-0.05, 0) is 46.3 Å². The summed E-state index contributed by atoms with van der Waals surface area (Å²) >= 11 is 0. The third kappa shape index (κ3) is 5.25. The molecule has 0 saturated carbocycles. The molecular formula is C12H26N2O2. The van der Waals surface area contributed by atoms with Gasteiger partial charge in [-0.1, -0.05) is 0 Å². The van der Waals surface area contributed by atoms with Crippen molar-refractivity contribution in [2.24, 2.45) is 0 Å². The molecule has 0 bridgehead atoms. The van der Waals surface area contributed by atoms with Crippen LogP contribution in [0.25, 0.3) is 0 Å². The SMILES string of the molecule is CCOCC(O)CN(C)C1CCCNCC1. The molecule has 0 aromatic carbocycles. The van der Waals surface area contributed by atoms with Crippen LogP contribution < -0.4 is 5.32 Å². The first kappa shape index (κ1) is 13.9. The van der Waals surface area contributed by atoms with Crippen molar-refractivity contribution < 1.29 is 9.84 Å². The van der Waals surface area contributed by atoms with Gasteiger partial charge in [-0.15, -0.1) is 0 Å². The quantitative estimate of drug-likeness (QED) is 0.696. The van der Waals surface area contributed by atoms with Crippen LogP contribution in [0.3, 0.4) is 0 Å². The van der Waals surface area contributed by atoms with E-state index in [1.54, 1.807) is 0 Å². The van der Waals surface area contributed by atoms with E-state index in [-0.39, 0.29) is 6.10 Å². The number of nitrogens with zero attached hydrogens (tertiary/aromatic N) is 1. The molecule has 96 valence electrons. The first-order valence-corrected chi connectivity index (χ1v) is 6.40. The van der Waals surface area contributed by atoms with E-state index in [4.69, 9.17) is 4.74 Å². The summed E-state index contributed by atoms with van der Waals surface area (Å²) in [6.07, 6.45) is 3.28. The maximum Gasteiger partial charge on any atom is 0.0900 e. The summed E-state index contributed by atoms with van der Waals surface area (Å²) in [6, 6.07) is 0.603. The molecule has 2 unspecified atom stereocenters. The Morgan fingerprint density at radius 1 is 1.44 bits per heavy atom. The van der Waals surface area contributed by atoms with Crippen molar-refractivity contribution in [3.63, 3.8) is 0 Å². The van der Waals surface area contributed by atoms with Crippen molar-refractivity contribution in [1.82, 2.24) is 10.2 Å². The van der Waals surface area contributed by atoms with Crippen molar-refractivity contribution in [3.8, 4) is 0 Å². The molecular weight excluding hydrogens is 204 g/mol. The van der Waals surface area contributed by atoms with Crippen LogP contribution >= 0.6 is 0 Å². The van der Waals surface area contributed by atoms with Gasteiger partial charge in [0.2, 0.25) is 0 Å². The molecule has 2 N–H and O–H groups in total. The predicted octanol–water partition coefficient (Wildman–Crippen LogP) is 0.458. The minimum atomic E-state index is -0.360. The Hall–Kier alpha value is -0.160. The molecule has 2 atom stereocenters. The van der Waals surface area contributed by atoms with Gasteiger partial charge in [0.05, 0.1) is 12.7 Å². The van der Waals surface area contributed by atoms with Gasteiger partial charge in [0.1, 0.15) is 0 Å². The zero-order valence-electron chi connectivity index (χ0n) is 10.6. The molecule has 4 nitrogen and oxygen atoms in total. The van der Waals surface area contributed by atoms with Gasteiger partial charge < -0.3 is 20.1 Å². The highest BCUT2D eigenvalue weighted by Crippen LogP contribution is 2.12. The summed E-state index contributed by atoms with van der Waals surface area (Å²) in [7, 11) is 2.10. The van der Waals surface area contributed by atoms with Crippen LogP contribution in [0, 0.1) is 0 Å². The molecule has 1 aliphatic rings. The smallest absolute Gasteiger partial charge is 0.0900 e. The number of aliphatic hydroxyl groups is 1. The third-order valence-electron chi connectivity index (χ3n) is 3.18. The van der Waals surface area contributed by atoms with Crippen LogP contribution in [-0.4, -0.2) is 62.0 Å². The van der Waals surface area contributed by atoms with Gasteiger partial charge in [-0.2, -0.15) is 0 Å². The number of nitrogens with one attached hydrogen (secondary N) is 1. The van der Waals surface area contributed by atoms with Crippen LogP contribution in [0.1, 0.15) is 26.2 Å². The lowest BCUT2D eigenvalue weighted by Crippen LogP contribution is -2.39. The van der Waals surface area contributed by atoms with Gasteiger partial charge in [-0.25, -0.2) is 0 Å². The highest BCUT2D eigenvalue weighted by Gasteiger charge is 2.18. The van der Waals surface area contributed by atoms with Crippen LogP contribution in [0.15, 0.2) is 0 Å². The zero-order chi connectivity index (χ0) is 11.8. The van der Waals surface area contributed by atoms with Crippen LogP contribution in [0.2, 0.25) is 0 Å². The summed E-state index contributed by atoms with van der Waals surface area (Å²) in [5.41, 5.74) is 0. The maximum atomic E-state index is 9.77. The van der Waals surface area contributed by atoms with E-state index < -0.39 is 0 Å². The largest absolute Gasteiger partial charge is 0.389 e. The molecule has 1 aliphatic heterocycles. The van der Waals surface area contributed by atoms with E-state index in [0.29, 0.717) is 25.8 Å². The third-order valence-corrected chi connectivity index (χ3v) is 3.18. The first-order chi connectivity index (χ1) is 7.74. The topological polar surface area (TPSA) is 44.7 Å². The second-order valence-electron chi connectivity index (χ2n) is 4.59. The minimum Gasteiger partial charge on any atom is -0.389 e. The lowest BCUT2D eigenvalue weighted by Gasteiger charge is -2.28. The van der Waals surface area contributed by atoms with Gasteiger partial charge >= 0.3 is 0 Å². The average molecular weight is 230 g/mol. The number of aliphatic hydroxyl groups excluding tert-OH is 1. The molecule has 1 saturated heterocycles. The monoisotopic (exact) mass is 230 g/mol. The molecule has 0 aromatic rings. The molecule has 4 heteroatoms. The molecule has 1 rings (SSSR count). The fraction of sp³-hybridized carbons (Fsp3) is 1.00.